The van der Waals surface area contributed by atoms with Crippen molar-refractivity contribution >= 4 is 20.7 Å². The first-order valence-corrected chi connectivity index (χ1v) is 12.1. The summed E-state index contributed by atoms with van der Waals surface area (Å²) >= 11 is 0. The van der Waals surface area contributed by atoms with Crippen molar-refractivity contribution in [3.05, 3.63) is 11.6 Å². The standard InChI is InChI=1S/C17H33N7O3Si/c1-6-14-18-16(22-20-14)24(17-19-15(7-2)21-23-17)12-11-13-28(25-8-3,26-9-4)27-10-5/h6-13H2,1-5H3,(H,18,20,22)(H,19,21,23). The number of hydrogen-bond acceptors (Lipinski definition) is 8. The molecule has 2 aromatic rings. The third-order valence-corrected chi connectivity index (χ3v) is 7.30. The maximum atomic E-state index is 5.95. The Morgan fingerprint density at radius 2 is 1.25 bits per heavy atom. The van der Waals surface area contributed by atoms with Crippen LogP contribution in [0, 0.1) is 0 Å². The minimum absolute atomic E-state index is 0.565. The van der Waals surface area contributed by atoms with Gasteiger partial charge in [0.25, 0.3) is 11.9 Å². The van der Waals surface area contributed by atoms with Crippen LogP contribution in [0.1, 0.15) is 52.7 Å². The fourth-order valence-corrected chi connectivity index (χ4v) is 5.47. The van der Waals surface area contributed by atoms with E-state index in [1.807, 2.05) is 39.5 Å². The summed E-state index contributed by atoms with van der Waals surface area (Å²) in [6.45, 7) is 12.3. The minimum Gasteiger partial charge on any atom is -0.374 e. The van der Waals surface area contributed by atoms with E-state index in [0.29, 0.717) is 44.3 Å². The van der Waals surface area contributed by atoms with Crippen molar-refractivity contribution < 1.29 is 13.3 Å². The van der Waals surface area contributed by atoms with E-state index in [4.69, 9.17) is 13.3 Å². The molecule has 0 unspecified atom stereocenters. The third-order valence-electron chi connectivity index (χ3n) is 4.15. The molecule has 10 nitrogen and oxygen atoms in total. The highest BCUT2D eigenvalue weighted by molar-refractivity contribution is 6.60. The lowest BCUT2D eigenvalue weighted by molar-refractivity contribution is 0.0710. The number of aromatic amines is 2. The normalized spacial score (nSPS) is 11.9. The molecule has 2 rings (SSSR count). The van der Waals surface area contributed by atoms with E-state index >= 15 is 0 Å². The first-order valence-electron chi connectivity index (χ1n) is 10.1. The number of nitrogens with one attached hydrogen (secondary N) is 2. The van der Waals surface area contributed by atoms with Gasteiger partial charge in [-0.15, -0.1) is 10.2 Å². The highest BCUT2D eigenvalue weighted by Gasteiger charge is 2.40. The first-order chi connectivity index (χ1) is 13.6. The van der Waals surface area contributed by atoms with Crippen LogP contribution in [0.2, 0.25) is 6.04 Å². The van der Waals surface area contributed by atoms with E-state index in [-0.39, 0.29) is 0 Å². The van der Waals surface area contributed by atoms with E-state index in [2.05, 4.69) is 30.4 Å². The van der Waals surface area contributed by atoms with Gasteiger partial charge in [0, 0.05) is 45.3 Å². The summed E-state index contributed by atoms with van der Waals surface area (Å²) in [5.74, 6) is 2.78. The predicted molar refractivity (Wildman–Crippen MR) is 109 cm³/mol. The molecule has 2 heterocycles. The van der Waals surface area contributed by atoms with Gasteiger partial charge in [-0.1, -0.05) is 13.8 Å². The molecule has 11 heteroatoms. The van der Waals surface area contributed by atoms with Crippen LogP contribution in [-0.4, -0.2) is 65.5 Å². The molecule has 0 amide bonds. The van der Waals surface area contributed by atoms with E-state index in [9.17, 15) is 0 Å². The zero-order valence-electron chi connectivity index (χ0n) is 17.6. The zero-order chi connectivity index (χ0) is 20.4. The highest BCUT2D eigenvalue weighted by Crippen LogP contribution is 2.23. The Bertz CT molecular complexity index is 635. The third kappa shape index (κ3) is 5.84. The van der Waals surface area contributed by atoms with E-state index in [1.54, 1.807) is 0 Å². The topological polar surface area (TPSA) is 114 Å². The molecule has 0 bridgehead atoms. The van der Waals surface area contributed by atoms with Crippen LogP contribution >= 0.6 is 0 Å². The Morgan fingerprint density at radius 3 is 1.61 bits per heavy atom. The lowest BCUT2D eigenvalue weighted by Crippen LogP contribution is -2.46. The maximum absolute atomic E-state index is 5.95. The van der Waals surface area contributed by atoms with Crippen LogP contribution in [0.25, 0.3) is 0 Å². The fraction of sp³-hybridized carbons (Fsp3) is 0.765. The Labute approximate surface area is 167 Å². The smallest absolute Gasteiger partial charge is 0.374 e. The Morgan fingerprint density at radius 1 is 0.786 bits per heavy atom. The van der Waals surface area contributed by atoms with E-state index in [1.165, 1.54) is 0 Å². The van der Waals surface area contributed by atoms with Gasteiger partial charge >= 0.3 is 8.80 Å². The minimum atomic E-state index is -2.69. The number of aryl methyl sites for hydroxylation is 2. The summed E-state index contributed by atoms with van der Waals surface area (Å²) in [6.07, 6.45) is 2.34. The quantitative estimate of drug-likeness (QED) is 0.456. The molecule has 0 aliphatic carbocycles. The van der Waals surface area contributed by atoms with Crippen molar-refractivity contribution in [3.63, 3.8) is 0 Å². The van der Waals surface area contributed by atoms with Crippen LogP contribution in [-0.2, 0) is 26.1 Å². The Hall–Kier alpha value is -1.82. The summed E-state index contributed by atoms with van der Waals surface area (Å²) in [5.41, 5.74) is 0. The van der Waals surface area contributed by atoms with E-state index < -0.39 is 8.80 Å². The molecule has 0 aliphatic heterocycles. The van der Waals surface area contributed by atoms with Gasteiger partial charge in [-0.05, 0) is 27.2 Å². The number of nitrogens with zero attached hydrogens (tertiary/aromatic N) is 5. The molecular formula is C17H33N7O3Si. The molecule has 2 N–H and O–H groups in total. The summed E-state index contributed by atoms with van der Waals surface area (Å²) in [7, 11) is -2.69. The summed E-state index contributed by atoms with van der Waals surface area (Å²) in [5, 5.41) is 14.6. The molecule has 0 aliphatic rings. The van der Waals surface area contributed by atoms with Crippen LogP contribution < -0.4 is 4.90 Å². The molecule has 158 valence electrons. The molecule has 0 saturated heterocycles. The molecule has 0 spiro atoms. The van der Waals surface area contributed by atoms with Gasteiger partial charge in [0.2, 0.25) is 0 Å². The number of hydrogen-bond donors (Lipinski definition) is 2. The SMILES string of the molecule is CCO[Si](CCCN(c1n[nH]c(CC)n1)c1n[nH]c(CC)n1)(OCC)OCC. The van der Waals surface area contributed by atoms with Crippen molar-refractivity contribution in [1.29, 1.82) is 0 Å². The number of anilines is 2. The maximum Gasteiger partial charge on any atom is 0.500 e. The van der Waals surface area contributed by atoms with Gasteiger partial charge in [0.05, 0.1) is 0 Å². The largest absolute Gasteiger partial charge is 0.500 e. The Balaban J connectivity index is 2.15. The van der Waals surface area contributed by atoms with Crippen LogP contribution in [0.15, 0.2) is 0 Å². The van der Waals surface area contributed by atoms with Gasteiger partial charge in [-0.25, -0.2) is 0 Å². The van der Waals surface area contributed by atoms with Gasteiger partial charge in [0.1, 0.15) is 11.6 Å². The number of H-pyrrole nitrogens is 2. The van der Waals surface area contributed by atoms with Gasteiger partial charge in [-0.3, -0.25) is 15.1 Å². The first kappa shape index (κ1) is 22.5. The zero-order valence-corrected chi connectivity index (χ0v) is 18.6. The van der Waals surface area contributed by atoms with Crippen molar-refractivity contribution in [3.8, 4) is 0 Å². The van der Waals surface area contributed by atoms with Gasteiger partial charge in [-0.2, -0.15) is 9.97 Å². The lowest BCUT2D eigenvalue weighted by atomic mass is 10.4. The average Bonchev–Trinajstić information content (AvgIpc) is 3.35. The van der Waals surface area contributed by atoms with Gasteiger partial charge in [0.15, 0.2) is 0 Å². The molecule has 2 aromatic heterocycles. The van der Waals surface area contributed by atoms with Crippen molar-refractivity contribution in [2.45, 2.75) is 59.9 Å². The van der Waals surface area contributed by atoms with E-state index in [0.717, 1.165) is 30.9 Å². The second kappa shape index (κ2) is 11.2. The predicted octanol–water partition coefficient (Wildman–Crippen LogP) is 2.62. The molecule has 0 atom stereocenters. The average molecular weight is 412 g/mol. The van der Waals surface area contributed by atoms with Crippen molar-refractivity contribution in [2.75, 3.05) is 31.3 Å². The van der Waals surface area contributed by atoms with Crippen molar-refractivity contribution in [1.82, 2.24) is 30.4 Å². The molecule has 0 aromatic carbocycles. The Kier molecular flexibility index (Phi) is 9.02. The highest BCUT2D eigenvalue weighted by atomic mass is 28.4. The van der Waals surface area contributed by atoms with Crippen LogP contribution in [0.4, 0.5) is 11.9 Å². The summed E-state index contributed by atoms with van der Waals surface area (Å²) < 4.78 is 17.8. The second-order valence-electron chi connectivity index (χ2n) is 6.11. The summed E-state index contributed by atoms with van der Waals surface area (Å²) in [6, 6.07) is 0.704. The number of aromatic nitrogens is 6. The lowest BCUT2D eigenvalue weighted by Gasteiger charge is -2.29. The molecule has 0 saturated carbocycles. The van der Waals surface area contributed by atoms with Crippen molar-refractivity contribution in [2.24, 2.45) is 0 Å². The second-order valence-corrected chi connectivity index (χ2v) is 8.84. The summed E-state index contributed by atoms with van der Waals surface area (Å²) in [4.78, 5) is 11.0. The molecule has 0 fully saturated rings. The molecular weight excluding hydrogens is 378 g/mol. The van der Waals surface area contributed by atoms with Crippen LogP contribution in [0.5, 0.6) is 0 Å². The fourth-order valence-electron chi connectivity index (χ4n) is 2.87. The van der Waals surface area contributed by atoms with Gasteiger partial charge < -0.3 is 13.3 Å². The number of rotatable bonds is 14. The van der Waals surface area contributed by atoms with Crippen LogP contribution in [0.3, 0.4) is 0 Å². The monoisotopic (exact) mass is 411 g/mol. The molecule has 0 radical (unpaired) electrons. The molecule has 28 heavy (non-hydrogen) atoms.